The number of carbonyl (C=O) groups excluding carboxylic acids is 3. The van der Waals surface area contributed by atoms with Gasteiger partial charge in [-0.3, -0.25) is 14.4 Å². The van der Waals surface area contributed by atoms with Crippen LogP contribution in [0.1, 0.15) is 29.3 Å². The smallest absolute Gasteiger partial charge is 0.253 e. The van der Waals surface area contributed by atoms with Gasteiger partial charge in [-0.15, -0.1) is 0 Å². The highest BCUT2D eigenvalue weighted by molar-refractivity contribution is 6.00. The summed E-state index contributed by atoms with van der Waals surface area (Å²) in [7, 11) is 0. The van der Waals surface area contributed by atoms with Gasteiger partial charge in [-0.2, -0.15) is 0 Å². The minimum absolute atomic E-state index is 0.0153. The van der Waals surface area contributed by atoms with Gasteiger partial charge in [0.25, 0.3) is 5.91 Å². The molecule has 2 fully saturated rings. The van der Waals surface area contributed by atoms with E-state index in [2.05, 4.69) is 6.92 Å². The number of hydrogen-bond donors (Lipinski definition) is 0. The molecule has 2 aromatic carbocycles. The maximum Gasteiger partial charge on any atom is 0.253 e. The van der Waals surface area contributed by atoms with Crippen LogP contribution in [0.2, 0.25) is 0 Å². The zero-order valence-corrected chi connectivity index (χ0v) is 17.9. The van der Waals surface area contributed by atoms with Crippen LogP contribution in [0.5, 0.6) is 0 Å². The third kappa shape index (κ3) is 4.35. The van der Waals surface area contributed by atoms with E-state index in [0.717, 1.165) is 24.1 Å². The van der Waals surface area contributed by atoms with Crippen molar-refractivity contribution in [3.63, 3.8) is 0 Å². The second-order valence-electron chi connectivity index (χ2n) is 8.17. The average Bonchev–Trinajstić information content (AvgIpc) is 3.19. The Bertz CT molecular complexity index is 1030. The SMILES string of the molecule is CCc1ccc(C(=O)N2CCN(C(=O)C3CC(=O)N(c4ccc(F)cc4F)C3)CC2)cc1. The van der Waals surface area contributed by atoms with E-state index in [1.165, 1.54) is 11.0 Å². The molecule has 4 rings (SSSR count). The van der Waals surface area contributed by atoms with Gasteiger partial charge in [0.15, 0.2) is 0 Å². The topological polar surface area (TPSA) is 60.9 Å². The first-order valence-electron chi connectivity index (χ1n) is 10.8. The fourth-order valence-electron chi connectivity index (χ4n) is 4.26. The van der Waals surface area contributed by atoms with Gasteiger partial charge < -0.3 is 14.7 Å². The largest absolute Gasteiger partial charge is 0.339 e. The summed E-state index contributed by atoms with van der Waals surface area (Å²) in [6.45, 7) is 3.71. The molecule has 0 aromatic heterocycles. The van der Waals surface area contributed by atoms with Crippen LogP contribution >= 0.6 is 0 Å². The predicted molar refractivity (Wildman–Crippen MR) is 115 cm³/mol. The Morgan fingerprint density at radius 3 is 2.25 bits per heavy atom. The van der Waals surface area contributed by atoms with E-state index in [-0.39, 0.29) is 36.4 Å². The first kappa shape index (κ1) is 21.9. The normalized spacial score (nSPS) is 18.9. The summed E-state index contributed by atoms with van der Waals surface area (Å²) >= 11 is 0. The van der Waals surface area contributed by atoms with E-state index in [9.17, 15) is 23.2 Å². The number of amides is 3. The highest BCUT2D eigenvalue weighted by atomic mass is 19.1. The Morgan fingerprint density at radius 2 is 1.62 bits per heavy atom. The van der Waals surface area contributed by atoms with E-state index >= 15 is 0 Å². The fourth-order valence-corrected chi connectivity index (χ4v) is 4.26. The summed E-state index contributed by atoms with van der Waals surface area (Å²) in [6.07, 6.45) is 0.892. The Hall–Kier alpha value is -3.29. The number of rotatable bonds is 4. The van der Waals surface area contributed by atoms with Gasteiger partial charge in [-0.25, -0.2) is 8.78 Å². The third-order valence-corrected chi connectivity index (χ3v) is 6.16. The number of hydrogen-bond acceptors (Lipinski definition) is 3. The van der Waals surface area contributed by atoms with Crippen LogP contribution in [-0.4, -0.2) is 60.2 Å². The molecule has 0 radical (unpaired) electrons. The van der Waals surface area contributed by atoms with Crippen molar-refractivity contribution >= 4 is 23.4 Å². The van der Waals surface area contributed by atoms with Gasteiger partial charge in [0.2, 0.25) is 11.8 Å². The van der Waals surface area contributed by atoms with Crippen LogP contribution in [0.25, 0.3) is 0 Å². The lowest BCUT2D eigenvalue weighted by Gasteiger charge is -2.36. The molecular weight excluding hydrogens is 416 g/mol. The molecule has 8 heteroatoms. The third-order valence-electron chi connectivity index (χ3n) is 6.16. The van der Waals surface area contributed by atoms with Crippen molar-refractivity contribution in [2.24, 2.45) is 5.92 Å². The second kappa shape index (κ2) is 9.06. The molecule has 1 unspecified atom stereocenters. The lowest BCUT2D eigenvalue weighted by atomic mass is 10.1. The first-order chi connectivity index (χ1) is 15.4. The van der Waals surface area contributed by atoms with Gasteiger partial charge in [-0.1, -0.05) is 19.1 Å². The number of nitrogens with zero attached hydrogens (tertiary/aromatic N) is 3. The summed E-state index contributed by atoms with van der Waals surface area (Å²) in [5, 5.41) is 0. The number of piperazine rings is 1. The van der Waals surface area contributed by atoms with Crippen molar-refractivity contribution in [1.29, 1.82) is 0 Å². The minimum Gasteiger partial charge on any atom is -0.339 e. The van der Waals surface area contributed by atoms with Gasteiger partial charge in [0, 0.05) is 50.8 Å². The van der Waals surface area contributed by atoms with Crippen LogP contribution in [0.15, 0.2) is 42.5 Å². The lowest BCUT2D eigenvalue weighted by molar-refractivity contribution is -0.137. The molecule has 32 heavy (non-hydrogen) atoms. The van der Waals surface area contributed by atoms with Crippen molar-refractivity contribution in [2.75, 3.05) is 37.6 Å². The monoisotopic (exact) mass is 441 g/mol. The van der Waals surface area contributed by atoms with Crippen LogP contribution in [0.4, 0.5) is 14.5 Å². The Kier molecular flexibility index (Phi) is 6.21. The minimum atomic E-state index is -0.828. The molecule has 0 N–H and O–H groups in total. The molecule has 168 valence electrons. The average molecular weight is 441 g/mol. The summed E-state index contributed by atoms with van der Waals surface area (Å²) in [5.41, 5.74) is 1.77. The molecule has 0 saturated carbocycles. The fraction of sp³-hybridized carbons (Fsp3) is 0.375. The summed E-state index contributed by atoms with van der Waals surface area (Å²) < 4.78 is 27.3. The molecule has 0 spiro atoms. The van der Waals surface area contributed by atoms with Crippen molar-refractivity contribution in [2.45, 2.75) is 19.8 Å². The van der Waals surface area contributed by atoms with Crippen molar-refractivity contribution in [1.82, 2.24) is 9.80 Å². The molecule has 2 saturated heterocycles. The standard InChI is InChI=1S/C24H25F2N3O3/c1-2-16-3-5-17(6-4-16)23(31)27-9-11-28(12-10-27)24(32)18-13-22(30)29(15-18)21-8-7-19(25)14-20(21)26/h3-8,14,18H,2,9-13,15H2,1H3. The molecule has 2 aliphatic heterocycles. The van der Waals surface area contributed by atoms with Gasteiger partial charge >= 0.3 is 0 Å². The second-order valence-corrected chi connectivity index (χ2v) is 8.17. The molecule has 1 atom stereocenters. The summed E-state index contributed by atoms with van der Waals surface area (Å²) in [6, 6.07) is 10.6. The van der Waals surface area contributed by atoms with Gasteiger partial charge in [0.05, 0.1) is 11.6 Å². The van der Waals surface area contributed by atoms with Gasteiger partial charge in [0.1, 0.15) is 11.6 Å². The number of halogens is 2. The maximum absolute atomic E-state index is 14.1. The Morgan fingerprint density at radius 1 is 0.969 bits per heavy atom. The molecule has 2 heterocycles. The molecule has 2 aromatic rings. The van der Waals surface area contributed by atoms with Crippen molar-refractivity contribution < 1.29 is 23.2 Å². The summed E-state index contributed by atoms with van der Waals surface area (Å²) in [4.78, 5) is 42.7. The molecule has 2 aliphatic rings. The number of benzene rings is 2. The molecular formula is C24H25F2N3O3. The molecule has 0 bridgehead atoms. The van der Waals surface area contributed by atoms with Crippen LogP contribution < -0.4 is 4.90 Å². The highest BCUT2D eigenvalue weighted by Crippen LogP contribution is 2.29. The quantitative estimate of drug-likeness (QED) is 0.733. The van der Waals surface area contributed by atoms with Crippen LogP contribution in [-0.2, 0) is 16.0 Å². The van der Waals surface area contributed by atoms with Crippen molar-refractivity contribution in [3.8, 4) is 0 Å². The number of anilines is 1. The number of aryl methyl sites for hydroxylation is 1. The van der Waals surface area contributed by atoms with E-state index in [4.69, 9.17) is 0 Å². The molecule has 3 amide bonds. The Balaban J connectivity index is 1.35. The maximum atomic E-state index is 14.1. The van der Waals surface area contributed by atoms with E-state index in [1.54, 1.807) is 9.80 Å². The lowest BCUT2D eigenvalue weighted by Crippen LogP contribution is -2.52. The predicted octanol–water partition coefficient (Wildman–Crippen LogP) is 2.86. The molecule has 0 aliphatic carbocycles. The van der Waals surface area contributed by atoms with Gasteiger partial charge in [-0.05, 0) is 36.2 Å². The van der Waals surface area contributed by atoms with Crippen LogP contribution in [0, 0.1) is 17.6 Å². The van der Waals surface area contributed by atoms with E-state index < -0.39 is 17.6 Å². The first-order valence-corrected chi connectivity index (χ1v) is 10.8. The Labute approximate surface area is 185 Å². The van der Waals surface area contributed by atoms with Crippen molar-refractivity contribution in [3.05, 3.63) is 65.2 Å². The number of carbonyl (C=O) groups is 3. The van der Waals surface area contributed by atoms with E-state index in [1.807, 2.05) is 24.3 Å². The zero-order valence-electron chi connectivity index (χ0n) is 17.9. The molecule has 6 nitrogen and oxygen atoms in total. The van der Waals surface area contributed by atoms with Crippen LogP contribution in [0.3, 0.4) is 0 Å². The highest BCUT2D eigenvalue weighted by Gasteiger charge is 2.39. The summed E-state index contributed by atoms with van der Waals surface area (Å²) in [5.74, 6) is -2.74. The van der Waals surface area contributed by atoms with E-state index in [0.29, 0.717) is 31.7 Å². The zero-order chi connectivity index (χ0) is 22.8.